The van der Waals surface area contributed by atoms with E-state index in [1.807, 2.05) is 24.3 Å². The number of anilines is 1. The number of amides is 2. The molecule has 1 heterocycles. The fourth-order valence-corrected chi connectivity index (χ4v) is 4.55. The van der Waals surface area contributed by atoms with Crippen LogP contribution in [0.1, 0.15) is 38.7 Å². The van der Waals surface area contributed by atoms with Crippen LogP contribution in [-0.2, 0) is 9.59 Å². The fourth-order valence-electron chi connectivity index (χ4n) is 4.35. The summed E-state index contributed by atoms with van der Waals surface area (Å²) in [6.45, 7) is 4.37. The maximum absolute atomic E-state index is 13.2. The number of carbonyl (C=O) groups excluding carboxylic acids is 2. The van der Waals surface area contributed by atoms with Crippen molar-refractivity contribution in [2.75, 3.05) is 11.4 Å². The Bertz CT molecular complexity index is 1020. The lowest BCUT2D eigenvalue weighted by molar-refractivity contribution is -0.124. The molecular weight excluding hydrogens is 412 g/mol. The van der Waals surface area contributed by atoms with E-state index in [4.69, 9.17) is 16.3 Å². The van der Waals surface area contributed by atoms with Crippen LogP contribution in [-0.4, -0.2) is 24.4 Å². The normalized spacial score (nSPS) is 24.5. The van der Waals surface area contributed by atoms with Crippen LogP contribution in [0.15, 0.2) is 54.3 Å². The highest BCUT2D eigenvalue weighted by Crippen LogP contribution is 2.36. The zero-order valence-corrected chi connectivity index (χ0v) is 18.6. The summed E-state index contributed by atoms with van der Waals surface area (Å²) in [5.74, 6) is 1.20. The van der Waals surface area contributed by atoms with Gasteiger partial charge in [0.2, 0.25) is 5.91 Å². The van der Waals surface area contributed by atoms with Gasteiger partial charge in [0.15, 0.2) is 11.5 Å². The molecule has 2 aliphatic rings. The summed E-state index contributed by atoms with van der Waals surface area (Å²) in [4.78, 5) is 27.6. The van der Waals surface area contributed by atoms with Crippen LogP contribution in [0.2, 0.25) is 5.02 Å². The van der Waals surface area contributed by atoms with Crippen molar-refractivity contribution in [2.45, 2.75) is 39.2 Å². The molecule has 2 aromatic carbocycles. The Morgan fingerprint density at radius 2 is 2.00 bits per heavy atom. The van der Waals surface area contributed by atoms with Crippen molar-refractivity contribution in [1.82, 2.24) is 5.32 Å². The van der Waals surface area contributed by atoms with E-state index < -0.39 is 0 Å². The summed E-state index contributed by atoms with van der Waals surface area (Å²) in [5.41, 5.74) is 1.35. The molecule has 162 valence electrons. The molecular formula is C25H27ClN2O3. The smallest absolute Gasteiger partial charge is 0.294 e. The van der Waals surface area contributed by atoms with Gasteiger partial charge >= 0.3 is 0 Å². The molecule has 0 aromatic heterocycles. The van der Waals surface area contributed by atoms with Gasteiger partial charge in [-0.3, -0.25) is 14.5 Å². The number of rotatable bonds is 4. The second-order valence-corrected chi connectivity index (χ2v) is 8.90. The SMILES string of the molecule is CC1CCCC(NC(=O)CN2C(=O)/C(=C\c3cccc(Cl)c3)Oc3ccccc32)C1C. The van der Waals surface area contributed by atoms with E-state index in [0.717, 1.165) is 18.4 Å². The molecule has 0 spiro atoms. The molecule has 1 N–H and O–H groups in total. The Labute approximate surface area is 188 Å². The van der Waals surface area contributed by atoms with Crippen LogP contribution in [0.3, 0.4) is 0 Å². The van der Waals surface area contributed by atoms with Crippen LogP contribution in [0.5, 0.6) is 5.75 Å². The minimum Gasteiger partial charge on any atom is -0.449 e. The lowest BCUT2D eigenvalue weighted by atomic mass is 9.78. The Balaban J connectivity index is 1.57. The quantitative estimate of drug-likeness (QED) is 0.679. The van der Waals surface area contributed by atoms with Crippen molar-refractivity contribution in [2.24, 2.45) is 11.8 Å². The summed E-state index contributed by atoms with van der Waals surface area (Å²) in [5, 5.41) is 3.73. The number of halogens is 1. The standard InChI is InChI=1S/C25H27ClN2O3/c1-16-7-5-10-20(17(16)2)27-24(29)15-28-21-11-3-4-12-22(21)31-23(25(28)30)14-18-8-6-9-19(26)13-18/h3-4,6,8-9,11-14,16-17,20H,5,7,10,15H2,1-2H3,(H,27,29)/b23-14+. The first-order valence-electron chi connectivity index (χ1n) is 10.8. The minimum absolute atomic E-state index is 0.0519. The number of nitrogens with one attached hydrogen (secondary N) is 1. The molecule has 1 fully saturated rings. The Morgan fingerprint density at radius 3 is 2.81 bits per heavy atom. The first-order chi connectivity index (χ1) is 14.9. The highest BCUT2D eigenvalue weighted by atomic mass is 35.5. The topological polar surface area (TPSA) is 58.6 Å². The van der Waals surface area contributed by atoms with Gasteiger partial charge in [-0.05, 0) is 54.2 Å². The van der Waals surface area contributed by atoms with Gasteiger partial charge in [-0.25, -0.2) is 0 Å². The van der Waals surface area contributed by atoms with E-state index in [0.29, 0.717) is 28.3 Å². The zero-order chi connectivity index (χ0) is 22.0. The van der Waals surface area contributed by atoms with Crippen molar-refractivity contribution >= 4 is 35.2 Å². The highest BCUT2D eigenvalue weighted by molar-refractivity contribution is 6.30. The summed E-state index contributed by atoms with van der Waals surface area (Å²) in [6.07, 6.45) is 4.94. The van der Waals surface area contributed by atoms with Crippen LogP contribution >= 0.6 is 11.6 Å². The maximum Gasteiger partial charge on any atom is 0.294 e. The summed E-state index contributed by atoms with van der Waals surface area (Å²) < 4.78 is 5.88. The third-order valence-corrected chi connectivity index (χ3v) is 6.57. The molecule has 4 rings (SSSR count). The molecule has 3 atom stereocenters. The number of nitrogens with zero attached hydrogens (tertiary/aromatic N) is 1. The minimum atomic E-state index is -0.348. The summed E-state index contributed by atoms with van der Waals surface area (Å²) >= 11 is 6.07. The van der Waals surface area contributed by atoms with E-state index in [1.165, 1.54) is 11.3 Å². The van der Waals surface area contributed by atoms with Crippen molar-refractivity contribution in [3.63, 3.8) is 0 Å². The van der Waals surface area contributed by atoms with E-state index in [9.17, 15) is 9.59 Å². The van der Waals surface area contributed by atoms with Gasteiger partial charge in [-0.2, -0.15) is 0 Å². The van der Waals surface area contributed by atoms with E-state index >= 15 is 0 Å². The second kappa shape index (κ2) is 9.15. The predicted molar refractivity (Wildman–Crippen MR) is 123 cm³/mol. The fraction of sp³-hybridized carbons (Fsp3) is 0.360. The van der Waals surface area contributed by atoms with Crippen molar-refractivity contribution < 1.29 is 14.3 Å². The molecule has 6 heteroatoms. The first kappa shape index (κ1) is 21.4. The van der Waals surface area contributed by atoms with Crippen molar-refractivity contribution in [3.05, 3.63) is 64.9 Å². The molecule has 0 radical (unpaired) electrons. The Morgan fingerprint density at radius 1 is 1.19 bits per heavy atom. The van der Waals surface area contributed by atoms with Crippen LogP contribution in [0, 0.1) is 11.8 Å². The Hall–Kier alpha value is -2.79. The monoisotopic (exact) mass is 438 g/mol. The maximum atomic E-state index is 13.2. The van der Waals surface area contributed by atoms with Crippen LogP contribution in [0.4, 0.5) is 5.69 Å². The molecule has 5 nitrogen and oxygen atoms in total. The number of hydrogen-bond donors (Lipinski definition) is 1. The van der Waals surface area contributed by atoms with Crippen LogP contribution in [0.25, 0.3) is 6.08 Å². The molecule has 31 heavy (non-hydrogen) atoms. The second-order valence-electron chi connectivity index (χ2n) is 8.47. The molecule has 3 unspecified atom stereocenters. The zero-order valence-electron chi connectivity index (χ0n) is 17.8. The van der Waals surface area contributed by atoms with Gasteiger partial charge in [-0.15, -0.1) is 0 Å². The highest BCUT2D eigenvalue weighted by Gasteiger charge is 2.33. The van der Waals surface area contributed by atoms with Gasteiger partial charge in [0.25, 0.3) is 5.91 Å². The molecule has 2 aromatic rings. The average Bonchev–Trinajstić information content (AvgIpc) is 2.74. The third-order valence-electron chi connectivity index (χ3n) is 6.33. The molecule has 0 saturated heterocycles. The molecule has 0 bridgehead atoms. The molecule has 2 amide bonds. The third kappa shape index (κ3) is 4.77. The van der Waals surface area contributed by atoms with Crippen LogP contribution < -0.4 is 15.0 Å². The molecule has 1 aliphatic heterocycles. The number of benzene rings is 2. The van der Waals surface area contributed by atoms with Crippen molar-refractivity contribution in [1.29, 1.82) is 0 Å². The van der Waals surface area contributed by atoms with E-state index in [2.05, 4.69) is 19.2 Å². The molecule has 1 aliphatic carbocycles. The van der Waals surface area contributed by atoms with E-state index in [-0.39, 0.29) is 30.2 Å². The number of hydrogen-bond acceptors (Lipinski definition) is 3. The number of carbonyl (C=O) groups is 2. The Kier molecular flexibility index (Phi) is 6.33. The number of ether oxygens (including phenoxy) is 1. The molecule has 1 saturated carbocycles. The summed E-state index contributed by atoms with van der Waals surface area (Å²) in [7, 11) is 0. The summed E-state index contributed by atoms with van der Waals surface area (Å²) in [6, 6.07) is 14.6. The van der Waals surface area contributed by atoms with E-state index in [1.54, 1.807) is 30.3 Å². The van der Waals surface area contributed by atoms with Crippen molar-refractivity contribution in [3.8, 4) is 5.75 Å². The largest absolute Gasteiger partial charge is 0.449 e. The average molecular weight is 439 g/mol. The van der Waals surface area contributed by atoms with Gasteiger partial charge in [0.05, 0.1) is 5.69 Å². The predicted octanol–water partition coefficient (Wildman–Crippen LogP) is 5.05. The van der Waals surface area contributed by atoms with Gasteiger partial charge in [0.1, 0.15) is 6.54 Å². The lowest BCUT2D eigenvalue weighted by Gasteiger charge is -2.35. The van der Waals surface area contributed by atoms with Gasteiger partial charge in [0, 0.05) is 11.1 Å². The van der Waals surface area contributed by atoms with Gasteiger partial charge < -0.3 is 10.1 Å². The lowest BCUT2D eigenvalue weighted by Crippen LogP contribution is -2.49. The number of para-hydroxylation sites is 2. The first-order valence-corrected chi connectivity index (χ1v) is 11.2. The van der Waals surface area contributed by atoms with Gasteiger partial charge in [-0.1, -0.05) is 62.6 Å². The number of fused-ring (bicyclic) bond motifs is 1.